The van der Waals surface area contributed by atoms with Gasteiger partial charge in [-0.15, -0.1) is 0 Å². The fourth-order valence-corrected chi connectivity index (χ4v) is 15.5. The Hall–Kier alpha value is -1.18. The van der Waals surface area contributed by atoms with Crippen molar-refractivity contribution in [2.45, 2.75) is 258 Å². The van der Waals surface area contributed by atoms with E-state index in [1.54, 1.807) is 6.92 Å². The Labute approximate surface area is 430 Å². The Kier molecular flexibility index (Phi) is 15.3. The van der Waals surface area contributed by atoms with Crippen LogP contribution in [-0.4, -0.2) is 238 Å². The van der Waals surface area contributed by atoms with E-state index in [4.69, 9.17) is 47.4 Å². The summed E-state index contributed by atoms with van der Waals surface area (Å²) in [4.78, 5) is 0. The van der Waals surface area contributed by atoms with Crippen LogP contribution in [0.2, 0.25) is 0 Å². The molecule has 3 saturated carbocycles. The van der Waals surface area contributed by atoms with Gasteiger partial charge in [-0.2, -0.15) is 0 Å². The maximum Gasteiger partial charge on any atom is 0.200 e. The van der Waals surface area contributed by atoms with Crippen molar-refractivity contribution in [3.05, 3.63) is 11.6 Å². The zero-order valence-electron chi connectivity index (χ0n) is 43.1. The van der Waals surface area contributed by atoms with Gasteiger partial charge in [0.2, 0.25) is 5.79 Å². The lowest BCUT2D eigenvalue weighted by atomic mass is 9.46. The topological polar surface area (TPSA) is 355 Å². The third-order valence-electron chi connectivity index (χ3n) is 20.0. The van der Waals surface area contributed by atoms with Gasteiger partial charge >= 0.3 is 0 Å². The normalized spacial score (nSPS) is 59.6. The van der Waals surface area contributed by atoms with Crippen LogP contribution in [0.5, 0.6) is 0 Å². The standard InChI is InChI=1S/C51H82O23/c1-19-31(54)33(56)36(59)43(66-19)71-40-21(3)68-45(38(61)35(40)58)72-41-28(17-52)70-46(42(39(41)62)73-44-37(60)34(57)32(55)20(2)67-44)69-24-10-12-48(6)23(14-24)8-9-25-26(48)11-13-49(7)27(25)15-30-50(49,64)22(4)51(74-30)29(53)16-47(5,63)18-65-51/h8,19-22,24-46,52-64H,9-18H2,1-7H3/t19-,20-,21-,22-,24-,25+,26-,27-,28+,29-,30-,31-,32-,33+,34+,35-,36+,37+,38+,39-,40-,41+,42+,43-,44-,45-,46+,47-,48-,49-,50+,51-/m0/s1. The number of aliphatic hydroxyl groups excluding tert-OH is 11. The smallest absolute Gasteiger partial charge is 0.200 e. The van der Waals surface area contributed by atoms with Gasteiger partial charge in [0.25, 0.3) is 0 Å². The summed E-state index contributed by atoms with van der Waals surface area (Å²) in [6.07, 6.45) is -25.5. The van der Waals surface area contributed by atoms with E-state index in [9.17, 15) is 66.4 Å². The molecule has 10 rings (SSSR count). The van der Waals surface area contributed by atoms with Crippen LogP contribution in [0.1, 0.15) is 99.8 Å². The molecule has 6 heterocycles. The van der Waals surface area contributed by atoms with Crippen LogP contribution in [0.4, 0.5) is 0 Å². The quantitative estimate of drug-likeness (QED) is 0.104. The number of rotatable bonds is 9. The molecule has 9 fully saturated rings. The fourth-order valence-electron chi connectivity index (χ4n) is 15.5. The molecule has 23 nitrogen and oxygen atoms in total. The summed E-state index contributed by atoms with van der Waals surface area (Å²) in [5, 5.41) is 144. The summed E-state index contributed by atoms with van der Waals surface area (Å²) < 4.78 is 61.3. The molecule has 23 heteroatoms. The molecule has 32 atom stereocenters. The summed E-state index contributed by atoms with van der Waals surface area (Å²) in [5.74, 6) is -1.36. The van der Waals surface area contributed by atoms with Crippen molar-refractivity contribution in [1.29, 1.82) is 0 Å². The zero-order valence-corrected chi connectivity index (χ0v) is 43.1. The van der Waals surface area contributed by atoms with Crippen molar-refractivity contribution in [2.75, 3.05) is 13.2 Å². The minimum absolute atomic E-state index is 0.0136. The molecule has 1 spiro atoms. The highest BCUT2D eigenvalue weighted by Crippen LogP contribution is 2.72. The lowest BCUT2D eigenvalue weighted by molar-refractivity contribution is -0.394. The molecule has 0 aromatic rings. The number of ether oxygens (including phenoxy) is 10. The number of allylic oxidation sites excluding steroid dienone is 1. The Morgan fingerprint density at radius 3 is 1.80 bits per heavy atom. The first-order valence-electron chi connectivity index (χ1n) is 26.8. The SMILES string of the molecule is C[C@@H]1O[C@@H](O[C@@H]2[C@@H](O)[C@@H](O)[C@H](O[C@H]3[C@H](O)[C@@H](O[C@@H]4O[C@@H](C)[C@H](O)[C@@H](O)[C@H]4O)[C@H](O[C@H]4CC[C@@]5(C)C(=CC[C@@H]6[C@@H]5CC[C@@]5(C)[C@H]6C[C@@H]6O[C@@]7(OC[C@@](C)(O)C[C@@H]7O)[C@@H](C)[C@@]65O)C4)O[C@@H]3CO)O[C@H]2C)[C@H](O)[C@H](O)[C@H]1O. The molecule has 4 aliphatic carbocycles. The zero-order chi connectivity index (χ0) is 53.5. The summed E-state index contributed by atoms with van der Waals surface area (Å²) in [6, 6.07) is 0. The van der Waals surface area contributed by atoms with Crippen LogP contribution >= 0.6 is 0 Å². The predicted molar refractivity (Wildman–Crippen MR) is 248 cm³/mol. The Morgan fingerprint density at radius 1 is 0.608 bits per heavy atom. The van der Waals surface area contributed by atoms with E-state index in [-0.39, 0.29) is 36.2 Å². The molecule has 0 amide bonds. The second-order valence-corrected chi connectivity index (χ2v) is 24.4. The van der Waals surface area contributed by atoms with E-state index >= 15 is 0 Å². The third-order valence-corrected chi connectivity index (χ3v) is 20.0. The van der Waals surface area contributed by atoms with Gasteiger partial charge < -0.3 is 114 Å². The molecule has 0 radical (unpaired) electrons. The van der Waals surface area contributed by atoms with Crippen molar-refractivity contribution < 1.29 is 114 Å². The molecule has 13 N–H and O–H groups in total. The molecule has 6 aliphatic heterocycles. The molecule has 74 heavy (non-hydrogen) atoms. The van der Waals surface area contributed by atoms with Gasteiger partial charge in [-0.05, 0) is 95.8 Å². The Bertz CT molecular complexity index is 2040. The minimum Gasteiger partial charge on any atom is -0.394 e. The van der Waals surface area contributed by atoms with Crippen LogP contribution in [0.15, 0.2) is 11.6 Å². The van der Waals surface area contributed by atoms with Gasteiger partial charge in [0, 0.05) is 17.8 Å². The molecule has 10 aliphatic rings. The van der Waals surface area contributed by atoms with E-state index in [1.165, 1.54) is 26.3 Å². The van der Waals surface area contributed by atoms with Gasteiger partial charge in [0.15, 0.2) is 25.2 Å². The van der Waals surface area contributed by atoms with Crippen molar-refractivity contribution in [3.63, 3.8) is 0 Å². The highest BCUT2D eigenvalue weighted by molar-refractivity contribution is 5.29. The molecule has 0 aromatic carbocycles. The summed E-state index contributed by atoms with van der Waals surface area (Å²) in [7, 11) is 0. The van der Waals surface area contributed by atoms with Gasteiger partial charge in [0.05, 0.1) is 49.3 Å². The first kappa shape index (κ1) is 56.1. The van der Waals surface area contributed by atoms with E-state index in [0.29, 0.717) is 19.3 Å². The van der Waals surface area contributed by atoms with E-state index < -0.39 is 176 Å². The second-order valence-electron chi connectivity index (χ2n) is 24.4. The van der Waals surface area contributed by atoms with Crippen molar-refractivity contribution in [1.82, 2.24) is 0 Å². The van der Waals surface area contributed by atoms with E-state index in [1.807, 2.05) is 6.92 Å². The van der Waals surface area contributed by atoms with Crippen LogP contribution in [0.3, 0.4) is 0 Å². The van der Waals surface area contributed by atoms with Crippen molar-refractivity contribution in [3.8, 4) is 0 Å². The van der Waals surface area contributed by atoms with E-state index in [2.05, 4.69) is 19.9 Å². The van der Waals surface area contributed by atoms with Gasteiger partial charge in [0.1, 0.15) is 91.1 Å². The Morgan fingerprint density at radius 2 is 1.19 bits per heavy atom. The fraction of sp³-hybridized carbons (Fsp3) is 0.961. The van der Waals surface area contributed by atoms with Crippen LogP contribution in [0, 0.1) is 34.5 Å². The number of hydrogen-bond acceptors (Lipinski definition) is 23. The molecule has 0 unspecified atom stereocenters. The highest BCUT2D eigenvalue weighted by Gasteiger charge is 2.78. The van der Waals surface area contributed by atoms with Gasteiger partial charge in [-0.25, -0.2) is 0 Å². The molecule has 6 saturated heterocycles. The average Bonchev–Trinajstić information content (AvgIpc) is 3.72. The van der Waals surface area contributed by atoms with Gasteiger partial charge in [-0.1, -0.05) is 32.4 Å². The highest BCUT2D eigenvalue weighted by atomic mass is 16.8. The largest absolute Gasteiger partial charge is 0.394 e. The lowest BCUT2D eigenvalue weighted by Gasteiger charge is -2.60. The molecule has 0 aromatic heterocycles. The number of fused-ring (bicyclic) bond motifs is 7. The maximum absolute atomic E-state index is 12.9. The molecule has 424 valence electrons. The lowest BCUT2D eigenvalue weighted by Crippen LogP contribution is -2.67. The summed E-state index contributed by atoms with van der Waals surface area (Å²) >= 11 is 0. The molecular formula is C51H82O23. The number of hydrogen-bond donors (Lipinski definition) is 13. The van der Waals surface area contributed by atoms with Gasteiger partial charge in [-0.3, -0.25) is 0 Å². The molecule has 0 bridgehead atoms. The Balaban J connectivity index is 0.842. The number of aliphatic hydroxyl groups is 13. The summed E-state index contributed by atoms with van der Waals surface area (Å²) in [5.41, 5.74) is -2.05. The second kappa shape index (κ2) is 20.1. The monoisotopic (exact) mass is 1060 g/mol. The van der Waals surface area contributed by atoms with Crippen molar-refractivity contribution >= 4 is 0 Å². The third kappa shape index (κ3) is 8.82. The van der Waals surface area contributed by atoms with E-state index in [0.717, 1.165) is 25.7 Å². The minimum atomic E-state index is -1.88. The van der Waals surface area contributed by atoms with Crippen LogP contribution < -0.4 is 0 Å². The summed E-state index contributed by atoms with van der Waals surface area (Å²) in [6.45, 7) is 11.6. The predicted octanol–water partition coefficient (Wildman–Crippen LogP) is -2.71. The van der Waals surface area contributed by atoms with Crippen molar-refractivity contribution in [2.24, 2.45) is 34.5 Å². The van der Waals surface area contributed by atoms with Crippen LogP contribution in [0.25, 0.3) is 0 Å². The maximum atomic E-state index is 12.9. The van der Waals surface area contributed by atoms with Crippen LogP contribution in [-0.2, 0) is 47.4 Å². The first-order chi connectivity index (χ1) is 34.7. The molecular weight excluding hydrogens is 981 g/mol. The average molecular weight is 1060 g/mol. The first-order valence-corrected chi connectivity index (χ1v) is 26.8.